The van der Waals surface area contributed by atoms with Gasteiger partial charge in [0.25, 0.3) is 0 Å². The maximum absolute atomic E-state index is 5.86. The third-order valence-electron chi connectivity index (χ3n) is 4.02. The molecule has 2 aromatic rings. The minimum absolute atomic E-state index is 0.589. The number of anilines is 2. The molecular formula is C22H30Cl2N2O3. The molecule has 0 bridgehead atoms. The van der Waals surface area contributed by atoms with Gasteiger partial charge in [-0.15, -0.1) is 0 Å². The summed E-state index contributed by atoms with van der Waals surface area (Å²) in [6.45, 7) is 5.53. The number of hydrogen-bond donors (Lipinski definition) is 2. The standard InChI is InChI=1S/C22H30Cl2N2O3/c23-19-3-7-21(8-4-19)25-11-1-13-27-15-17-29-18-16-28-14-2-12-26-22-9-5-20(24)6-10-22/h3-10,25-26H,1-2,11-18H2. The van der Waals surface area contributed by atoms with Gasteiger partial charge in [-0.1, -0.05) is 23.2 Å². The van der Waals surface area contributed by atoms with E-state index in [4.69, 9.17) is 37.4 Å². The van der Waals surface area contributed by atoms with Crippen LogP contribution in [0.15, 0.2) is 48.5 Å². The van der Waals surface area contributed by atoms with E-state index in [0.29, 0.717) is 39.6 Å². The molecule has 0 aliphatic heterocycles. The van der Waals surface area contributed by atoms with Crippen LogP contribution < -0.4 is 10.6 Å². The largest absolute Gasteiger partial charge is 0.385 e. The Kier molecular flexibility index (Phi) is 12.6. The van der Waals surface area contributed by atoms with E-state index < -0.39 is 0 Å². The number of hydrogen-bond acceptors (Lipinski definition) is 5. The lowest BCUT2D eigenvalue weighted by molar-refractivity contribution is 0.0145. The first kappa shape index (κ1) is 23.8. The Balaban J connectivity index is 1.29. The van der Waals surface area contributed by atoms with Crippen LogP contribution in [0.3, 0.4) is 0 Å². The second kappa shape index (κ2) is 15.4. The number of rotatable bonds is 16. The molecule has 0 aromatic heterocycles. The summed E-state index contributed by atoms with van der Waals surface area (Å²) >= 11 is 11.7. The van der Waals surface area contributed by atoms with E-state index in [2.05, 4.69) is 10.6 Å². The fourth-order valence-corrected chi connectivity index (χ4v) is 2.74. The van der Waals surface area contributed by atoms with Gasteiger partial charge < -0.3 is 24.8 Å². The molecule has 0 aliphatic carbocycles. The fraction of sp³-hybridized carbons (Fsp3) is 0.455. The first-order chi connectivity index (χ1) is 14.2. The Labute approximate surface area is 183 Å². The number of ether oxygens (including phenoxy) is 3. The molecule has 0 atom stereocenters. The summed E-state index contributed by atoms with van der Waals surface area (Å²) in [6, 6.07) is 15.4. The smallest absolute Gasteiger partial charge is 0.0701 e. The molecule has 29 heavy (non-hydrogen) atoms. The SMILES string of the molecule is Clc1ccc(NCCCOCCOCCOCCCNc2ccc(Cl)cc2)cc1. The second-order valence-electron chi connectivity index (χ2n) is 6.41. The van der Waals surface area contributed by atoms with Crippen LogP contribution in [0.5, 0.6) is 0 Å². The third kappa shape index (κ3) is 11.9. The van der Waals surface area contributed by atoms with Crippen molar-refractivity contribution in [3.8, 4) is 0 Å². The maximum Gasteiger partial charge on any atom is 0.0701 e. The molecule has 5 nitrogen and oxygen atoms in total. The molecule has 0 unspecified atom stereocenters. The summed E-state index contributed by atoms with van der Waals surface area (Å²) in [6.07, 6.45) is 1.88. The van der Waals surface area contributed by atoms with Crippen LogP contribution in [0.25, 0.3) is 0 Å². The molecule has 0 amide bonds. The highest BCUT2D eigenvalue weighted by atomic mass is 35.5. The van der Waals surface area contributed by atoms with Gasteiger partial charge in [0.05, 0.1) is 26.4 Å². The molecule has 0 radical (unpaired) electrons. The highest BCUT2D eigenvalue weighted by Crippen LogP contribution is 2.13. The predicted molar refractivity (Wildman–Crippen MR) is 122 cm³/mol. The van der Waals surface area contributed by atoms with Gasteiger partial charge in [0.2, 0.25) is 0 Å². The summed E-state index contributed by atoms with van der Waals surface area (Å²) in [5, 5.41) is 8.15. The van der Waals surface area contributed by atoms with Crippen molar-refractivity contribution in [3.05, 3.63) is 58.6 Å². The number of nitrogens with one attached hydrogen (secondary N) is 2. The number of benzene rings is 2. The maximum atomic E-state index is 5.86. The monoisotopic (exact) mass is 440 g/mol. The molecule has 0 aliphatic rings. The van der Waals surface area contributed by atoms with Crippen molar-refractivity contribution in [2.75, 3.05) is 63.4 Å². The normalized spacial score (nSPS) is 10.8. The van der Waals surface area contributed by atoms with E-state index in [-0.39, 0.29) is 0 Å². The van der Waals surface area contributed by atoms with Crippen LogP contribution in [-0.4, -0.2) is 52.7 Å². The van der Waals surface area contributed by atoms with E-state index in [1.807, 2.05) is 48.5 Å². The van der Waals surface area contributed by atoms with E-state index >= 15 is 0 Å². The quantitative estimate of drug-likeness (QED) is 0.344. The van der Waals surface area contributed by atoms with Crippen molar-refractivity contribution in [1.82, 2.24) is 0 Å². The molecular weight excluding hydrogens is 411 g/mol. The van der Waals surface area contributed by atoms with Crippen molar-refractivity contribution >= 4 is 34.6 Å². The van der Waals surface area contributed by atoms with Gasteiger partial charge in [-0.05, 0) is 61.4 Å². The molecule has 0 saturated heterocycles. The highest BCUT2D eigenvalue weighted by molar-refractivity contribution is 6.30. The van der Waals surface area contributed by atoms with E-state index in [1.165, 1.54) is 0 Å². The fourth-order valence-electron chi connectivity index (χ4n) is 2.49. The van der Waals surface area contributed by atoms with Crippen LogP contribution in [0.1, 0.15) is 12.8 Å². The van der Waals surface area contributed by atoms with Crippen molar-refractivity contribution < 1.29 is 14.2 Å². The lowest BCUT2D eigenvalue weighted by atomic mass is 10.3. The van der Waals surface area contributed by atoms with Gasteiger partial charge in [0.15, 0.2) is 0 Å². The Morgan fingerprint density at radius 2 is 0.862 bits per heavy atom. The molecule has 0 spiro atoms. The first-order valence-corrected chi connectivity index (χ1v) is 10.7. The van der Waals surface area contributed by atoms with Crippen LogP contribution in [0, 0.1) is 0 Å². The van der Waals surface area contributed by atoms with Gasteiger partial charge in [0.1, 0.15) is 0 Å². The molecule has 0 saturated carbocycles. The van der Waals surface area contributed by atoms with Crippen molar-refractivity contribution in [3.63, 3.8) is 0 Å². The van der Waals surface area contributed by atoms with Crippen molar-refractivity contribution in [1.29, 1.82) is 0 Å². The molecule has 0 heterocycles. The molecule has 2 aromatic carbocycles. The van der Waals surface area contributed by atoms with Crippen molar-refractivity contribution in [2.45, 2.75) is 12.8 Å². The second-order valence-corrected chi connectivity index (χ2v) is 7.28. The lowest BCUT2D eigenvalue weighted by Gasteiger charge is -2.09. The Morgan fingerprint density at radius 3 is 1.24 bits per heavy atom. The molecule has 2 rings (SSSR count). The zero-order valence-electron chi connectivity index (χ0n) is 16.7. The van der Waals surface area contributed by atoms with Crippen LogP contribution in [0.4, 0.5) is 11.4 Å². The van der Waals surface area contributed by atoms with Crippen molar-refractivity contribution in [2.24, 2.45) is 0 Å². The average Bonchev–Trinajstić information content (AvgIpc) is 2.73. The predicted octanol–water partition coefficient (Wildman–Crippen LogP) is 5.35. The lowest BCUT2D eigenvalue weighted by Crippen LogP contribution is -2.12. The van der Waals surface area contributed by atoms with E-state index in [1.54, 1.807) is 0 Å². The zero-order valence-corrected chi connectivity index (χ0v) is 18.2. The van der Waals surface area contributed by atoms with Gasteiger partial charge in [-0.25, -0.2) is 0 Å². The molecule has 160 valence electrons. The summed E-state index contributed by atoms with van der Waals surface area (Å²) in [5.41, 5.74) is 2.14. The minimum atomic E-state index is 0.589. The average molecular weight is 441 g/mol. The molecule has 7 heteroatoms. The van der Waals surface area contributed by atoms with Crippen LogP contribution in [0.2, 0.25) is 10.0 Å². The highest BCUT2D eigenvalue weighted by Gasteiger charge is 1.95. The Hall–Kier alpha value is -1.50. The summed E-state index contributed by atoms with van der Waals surface area (Å²) in [5.74, 6) is 0. The number of halogens is 2. The molecule has 0 fully saturated rings. The molecule has 2 N–H and O–H groups in total. The topological polar surface area (TPSA) is 51.8 Å². The third-order valence-corrected chi connectivity index (χ3v) is 4.53. The summed E-state index contributed by atoms with van der Waals surface area (Å²) in [4.78, 5) is 0. The van der Waals surface area contributed by atoms with Gasteiger partial charge in [-0.2, -0.15) is 0 Å². The minimum Gasteiger partial charge on any atom is -0.385 e. The summed E-state index contributed by atoms with van der Waals surface area (Å²) in [7, 11) is 0. The van der Waals surface area contributed by atoms with E-state index in [0.717, 1.165) is 47.4 Å². The zero-order chi connectivity index (χ0) is 20.6. The first-order valence-electron chi connectivity index (χ1n) is 9.96. The van der Waals surface area contributed by atoms with Crippen LogP contribution in [-0.2, 0) is 14.2 Å². The van der Waals surface area contributed by atoms with E-state index in [9.17, 15) is 0 Å². The van der Waals surface area contributed by atoms with Gasteiger partial charge in [-0.3, -0.25) is 0 Å². The van der Waals surface area contributed by atoms with Gasteiger partial charge >= 0.3 is 0 Å². The Morgan fingerprint density at radius 1 is 0.517 bits per heavy atom. The summed E-state index contributed by atoms with van der Waals surface area (Å²) < 4.78 is 16.6. The van der Waals surface area contributed by atoms with Crippen LogP contribution >= 0.6 is 23.2 Å². The van der Waals surface area contributed by atoms with Gasteiger partial charge in [0, 0.05) is 47.7 Å². The Bertz CT molecular complexity index is 597.